The van der Waals surface area contributed by atoms with Crippen molar-refractivity contribution in [3.8, 4) is 0 Å². The normalized spacial score (nSPS) is 29.2. The molecular weight excluding hydrogens is 180 g/mol. The van der Waals surface area contributed by atoms with Crippen LogP contribution in [-0.2, 0) is 4.74 Å². The van der Waals surface area contributed by atoms with E-state index in [1.807, 2.05) is 0 Å². The van der Waals surface area contributed by atoms with Crippen LogP contribution < -0.4 is 5.32 Å². The van der Waals surface area contributed by atoms with Gasteiger partial charge in [-0.2, -0.15) is 0 Å². The Labute approximate surface area is 85.6 Å². The first kappa shape index (κ1) is 11.3. The quantitative estimate of drug-likeness (QED) is 0.724. The molecule has 1 N–H and O–H groups in total. The van der Waals surface area contributed by atoms with Gasteiger partial charge in [0, 0.05) is 32.7 Å². The maximum absolute atomic E-state index is 11.4. The molecule has 0 heterocycles. The van der Waals surface area contributed by atoms with E-state index in [4.69, 9.17) is 4.74 Å². The van der Waals surface area contributed by atoms with Gasteiger partial charge in [-0.15, -0.1) is 0 Å². The number of methoxy groups -OCH3 is 1. The number of urea groups is 1. The Bertz CT molecular complexity index is 226. The summed E-state index contributed by atoms with van der Waals surface area (Å²) in [6.07, 6.45) is 1.17. The maximum Gasteiger partial charge on any atom is 0.317 e. The van der Waals surface area contributed by atoms with Crippen LogP contribution in [0.5, 0.6) is 0 Å². The number of hydrogen-bond donors (Lipinski definition) is 1. The van der Waals surface area contributed by atoms with E-state index in [0.717, 1.165) is 6.42 Å². The number of nitrogens with one attached hydrogen (secondary N) is 1. The van der Waals surface area contributed by atoms with Crippen molar-refractivity contribution in [2.75, 3.05) is 21.2 Å². The molecule has 4 heteroatoms. The number of hydrogen-bond acceptors (Lipinski definition) is 2. The van der Waals surface area contributed by atoms with Gasteiger partial charge < -0.3 is 15.0 Å². The summed E-state index contributed by atoms with van der Waals surface area (Å²) in [6.45, 7) is 4.23. The third-order valence-electron chi connectivity index (χ3n) is 3.17. The molecule has 1 rings (SSSR count). The topological polar surface area (TPSA) is 41.6 Å². The number of ether oxygens (including phenoxy) is 1. The second-order valence-electron chi connectivity index (χ2n) is 4.68. The fraction of sp³-hybridized carbons (Fsp3) is 0.900. The zero-order valence-electron chi connectivity index (χ0n) is 9.63. The second-order valence-corrected chi connectivity index (χ2v) is 4.68. The maximum atomic E-state index is 11.4. The molecule has 2 amide bonds. The average Bonchev–Trinajstić information content (AvgIpc) is 2.10. The fourth-order valence-electron chi connectivity index (χ4n) is 1.81. The van der Waals surface area contributed by atoms with Gasteiger partial charge in [-0.25, -0.2) is 4.79 Å². The van der Waals surface area contributed by atoms with Crippen molar-refractivity contribution in [3.05, 3.63) is 0 Å². The van der Waals surface area contributed by atoms with Gasteiger partial charge in [0.05, 0.1) is 6.10 Å². The Balaban J connectivity index is 2.47. The summed E-state index contributed by atoms with van der Waals surface area (Å²) in [5, 5.41) is 2.98. The summed E-state index contributed by atoms with van der Waals surface area (Å²) < 4.78 is 5.31. The lowest BCUT2D eigenvalue weighted by Crippen LogP contribution is -2.62. The molecule has 1 saturated carbocycles. The van der Waals surface area contributed by atoms with Crippen molar-refractivity contribution in [2.24, 2.45) is 5.41 Å². The lowest BCUT2D eigenvalue weighted by Gasteiger charge is -2.51. The minimum absolute atomic E-state index is 0.0300. The zero-order valence-corrected chi connectivity index (χ0v) is 9.63. The number of nitrogens with zero attached hydrogens (tertiary/aromatic N) is 1. The van der Waals surface area contributed by atoms with Crippen LogP contribution in [0.2, 0.25) is 0 Å². The standard InChI is InChI=1S/C10H20N2O2/c1-10(2)7(6-8(10)14-5)11-9(13)12(3)4/h7-8H,6H2,1-5H3,(H,11,13). The Morgan fingerprint density at radius 2 is 2.07 bits per heavy atom. The number of rotatable bonds is 2. The van der Waals surface area contributed by atoms with Gasteiger partial charge >= 0.3 is 6.03 Å². The molecule has 14 heavy (non-hydrogen) atoms. The molecule has 0 bridgehead atoms. The van der Waals surface area contributed by atoms with Gasteiger partial charge in [-0.3, -0.25) is 0 Å². The van der Waals surface area contributed by atoms with E-state index < -0.39 is 0 Å². The van der Waals surface area contributed by atoms with Gasteiger partial charge in [-0.05, 0) is 6.42 Å². The molecule has 0 radical (unpaired) electrons. The van der Waals surface area contributed by atoms with E-state index in [-0.39, 0.29) is 23.6 Å². The molecule has 1 fully saturated rings. The third-order valence-corrected chi connectivity index (χ3v) is 3.17. The summed E-state index contributed by atoms with van der Waals surface area (Å²) in [5.74, 6) is 0. The third kappa shape index (κ3) is 1.85. The van der Waals surface area contributed by atoms with Gasteiger partial charge in [0.15, 0.2) is 0 Å². The lowest BCUT2D eigenvalue weighted by atomic mass is 9.64. The van der Waals surface area contributed by atoms with Gasteiger partial charge in [0.1, 0.15) is 0 Å². The Hall–Kier alpha value is -0.770. The predicted molar refractivity (Wildman–Crippen MR) is 55.2 cm³/mol. The SMILES string of the molecule is COC1CC(NC(=O)N(C)C)C1(C)C. The van der Waals surface area contributed by atoms with Crippen LogP contribution in [0.15, 0.2) is 0 Å². The molecule has 4 nitrogen and oxygen atoms in total. The molecule has 0 aromatic heterocycles. The van der Waals surface area contributed by atoms with Gasteiger partial charge in [-0.1, -0.05) is 13.8 Å². The molecule has 2 atom stereocenters. The lowest BCUT2D eigenvalue weighted by molar-refractivity contribution is -0.0941. The van der Waals surface area contributed by atoms with E-state index in [1.165, 1.54) is 0 Å². The minimum atomic E-state index is -0.0300. The Morgan fingerprint density at radius 1 is 1.50 bits per heavy atom. The molecule has 0 aromatic rings. The molecule has 0 saturated heterocycles. The number of amides is 2. The smallest absolute Gasteiger partial charge is 0.317 e. The molecule has 1 aliphatic carbocycles. The van der Waals surface area contributed by atoms with Crippen LogP contribution in [0.25, 0.3) is 0 Å². The monoisotopic (exact) mass is 200 g/mol. The van der Waals surface area contributed by atoms with E-state index in [1.54, 1.807) is 26.1 Å². The molecule has 1 aliphatic rings. The highest BCUT2D eigenvalue weighted by Crippen LogP contribution is 2.42. The van der Waals surface area contributed by atoms with Gasteiger partial charge in [0.25, 0.3) is 0 Å². The average molecular weight is 200 g/mol. The fourth-order valence-corrected chi connectivity index (χ4v) is 1.81. The summed E-state index contributed by atoms with van der Waals surface area (Å²) in [4.78, 5) is 13.0. The van der Waals surface area contributed by atoms with Crippen molar-refractivity contribution in [1.82, 2.24) is 10.2 Å². The van der Waals surface area contributed by atoms with Crippen molar-refractivity contribution in [2.45, 2.75) is 32.4 Å². The Morgan fingerprint density at radius 3 is 2.43 bits per heavy atom. The predicted octanol–water partition coefficient (Wildman–Crippen LogP) is 1.07. The molecule has 0 aliphatic heterocycles. The summed E-state index contributed by atoms with van der Waals surface area (Å²) in [5.41, 5.74) is 0.0421. The highest BCUT2D eigenvalue weighted by molar-refractivity contribution is 5.74. The summed E-state index contributed by atoms with van der Waals surface area (Å²) in [7, 11) is 5.21. The van der Waals surface area contributed by atoms with Crippen LogP contribution in [0.1, 0.15) is 20.3 Å². The van der Waals surface area contributed by atoms with E-state index >= 15 is 0 Å². The number of carbonyl (C=O) groups is 1. The minimum Gasteiger partial charge on any atom is -0.381 e. The molecule has 0 aromatic carbocycles. The van der Waals surface area contributed by atoms with Crippen molar-refractivity contribution in [3.63, 3.8) is 0 Å². The molecule has 82 valence electrons. The highest BCUT2D eigenvalue weighted by atomic mass is 16.5. The van der Waals surface area contributed by atoms with Crippen molar-refractivity contribution in [1.29, 1.82) is 0 Å². The van der Waals surface area contributed by atoms with Crippen LogP contribution in [0, 0.1) is 5.41 Å². The summed E-state index contributed by atoms with van der Waals surface area (Å²) in [6, 6.07) is 0.194. The van der Waals surface area contributed by atoms with E-state index in [2.05, 4.69) is 19.2 Å². The largest absolute Gasteiger partial charge is 0.381 e. The highest BCUT2D eigenvalue weighted by Gasteiger charge is 2.49. The van der Waals surface area contributed by atoms with E-state index in [9.17, 15) is 4.79 Å². The molecular formula is C10H20N2O2. The number of carbonyl (C=O) groups excluding carboxylic acids is 1. The van der Waals surface area contributed by atoms with Crippen LogP contribution in [-0.4, -0.2) is 44.3 Å². The van der Waals surface area contributed by atoms with Crippen LogP contribution in [0.3, 0.4) is 0 Å². The first-order valence-corrected chi connectivity index (χ1v) is 4.90. The van der Waals surface area contributed by atoms with Gasteiger partial charge in [0.2, 0.25) is 0 Å². The van der Waals surface area contributed by atoms with Crippen molar-refractivity contribution >= 4 is 6.03 Å². The second kappa shape index (κ2) is 3.77. The summed E-state index contributed by atoms with van der Waals surface area (Å²) >= 11 is 0. The van der Waals surface area contributed by atoms with Crippen LogP contribution >= 0.6 is 0 Å². The molecule has 0 spiro atoms. The molecule has 2 unspecified atom stereocenters. The van der Waals surface area contributed by atoms with Crippen molar-refractivity contribution < 1.29 is 9.53 Å². The first-order chi connectivity index (χ1) is 6.39. The zero-order chi connectivity index (χ0) is 10.9. The van der Waals surface area contributed by atoms with Crippen LogP contribution in [0.4, 0.5) is 4.79 Å². The van der Waals surface area contributed by atoms with E-state index in [0.29, 0.717) is 0 Å². The first-order valence-electron chi connectivity index (χ1n) is 4.90. The Kier molecular flexibility index (Phi) is 3.04.